The van der Waals surface area contributed by atoms with Gasteiger partial charge in [0.1, 0.15) is 5.82 Å². The molecule has 128 valence electrons. The fraction of sp³-hybridized carbons (Fsp3) is 0.824. The Bertz CT molecular complexity index is 529. The summed E-state index contributed by atoms with van der Waals surface area (Å²) in [7, 11) is 0. The minimum atomic E-state index is 0.119. The van der Waals surface area contributed by atoms with Crippen LogP contribution in [0.1, 0.15) is 69.6 Å². The van der Waals surface area contributed by atoms with E-state index >= 15 is 0 Å². The third-order valence-corrected chi connectivity index (χ3v) is 4.89. The number of carbonyl (C=O) groups excluding carboxylic acids is 1. The molecule has 1 aromatic rings. The SMILES string of the molecule is CCOCCCC(=O)N1CCCC1c1nnc2n1CCCCC2. The molecule has 0 N–H and O–H groups in total. The van der Waals surface area contributed by atoms with Crippen molar-refractivity contribution in [3.8, 4) is 0 Å². The van der Waals surface area contributed by atoms with Crippen molar-refractivity contribution in [3.05, 3.63) is 11.6 Å². The van der Waals surface area contributed by atoms with Gasteiger partial charge in [-0.05, 0) is 39.0 Å². The molecule has 0 saturated carbocycles. The lowest BCUT2D eigenvalue weighted by molar-refractivity contribution is -0.132. The molecule has 0 aromatic carbocycles. The number of rotatable bonds is 6. The molecule has 2 aliphatic rings. The number of carbonyl (C=O) groups is 1. The largest absolute Gasteiger partial charge is 0.382 e. The summed E-state index contributed by atoms with van der Waals surface area (Å²) >= 11 is 0. The third-order valence-electron chi connectivity index (χ3n) is 4.89. The Kier molecular flexibility index (Phi) is 5.65. The van der Waals surface area contributed by atoms with Crippen LogP contribution in [0, 0.1) is 0 Å². The normalized spacial score (nSPS) is 21.3. The number of amides is 1. The van der Waals surface area contributed by atoms with Crippen molar-refractivity contribution >= 4 is 5.91 Å². The van der Waals surface area contributed by atoms with Crippen molar-refractivity contribution in [2.45, 2.75) is 70.9 Å². The van der Waals surface area contributed by atoms with Gasteiger partial charge in [-0.1, -0.05) is 6.42 Å². The van der Waals surface area contributed by atoms with E-state index in [0.717, 1.165) is 50.4 Å². The predicted molar refractivity (Wildman–Crippen MR) is 87.0 cm³/mol. The maximum atomic E-state index is 12.6. The van der Waals surface area contributed by atoms with Gasteiger partial charge in [0.15, 0.2) is 5.82 Å². The first-order valence-corrected chi connectivity index (χ1v) is 9.10. The summed E-state index contributed by atoms with van der Waals surface area (Å²) in [5, 5.41) is 8.85. The Morgan fingerprint density at radius 3 is 3.00 bits per heavy atom. The van der Waals surface area contributed by atoms with Gasteiger partial charge >= 0.3 is 0 Å². The quantitative estimate of drug-likeness (QED) is 0.756. The molecule has 1 unspecified atom stereocenters. The number of fused-ring (bicyclic) bond motifs is 1. The minimum Gasteiger partial charge on any atom is -0.382 e. The standard InChI is InChI=1S/C17H28N4O2/c1-2-23-13-7-10-16(22)20-12-6-8-14(20)17-19-18-15-9-4-3-5-11-21(15)17/h14H,2-13H2,1H3. The molecular formula is C17H28N4O2. The molecule has 2 aliphatic heterocycles. The zero-order valence-corrected chi connectivity index (χ0v) is 14.2. The topological polar surface area (TPSA) is 60.2 Å². The highest BCUT2D eigenvalue weighted by Crippen LogP contribution is 2.32. The molecule has 1 amide bonds. The molecular weight excluding hydrogens is 292 g/mol. The maximum absolute atomic E-state index is 12.6. The van der Waals surface area contributed by atoms with Gasteiger partial charge < -0.3 is 14.2 Å². The van der Waals surface area contributed by atoms with Gasteiger partial charge in [-0.3, -0.25) is 4.79 Å². The van der Waals surface area contributed by atoms with Gasteiger partial charge in [-0.15, -0.1) is 10.2 Å². The Balaban J connectivity index is 1.67. The maximum Gasteiger partial charge on any atom is 0.223 e. The number of ether oxygens (including phenoxy) is 1. The van der Waals surface area contributed by atoms with Crippen LogP contribution in [-0.4, -0.2) is 45.3 Å². The van der Waals surface area contributed by atoms with E-state index in [0.29, 0.717) is 19.6 Å². The smallest absolute Gasteiger partial charge is 0.223 e. The van der Waals surface area contributed by atoms with Gasteiger partial charge in [0.2, 0.25) is 5.91 Å². The summed E-state index contributed by atoms with van der Waals surface area (Å²) in [4.78, 5) is 14.6. The van der Waals surface area contributed by atoms with Gasteiger partial charge in [-0.2, -0.15) is 0 Å². The number of likely N-dealkylation sites (tertiary alicyclic amines) is 1. The molecule has 3 rings (SSSR count). The van der Waals surface area contributed by atoms with Crippen LogP contribution in [0.15, 0.2) is 0 Å². The van der Waals surface area contributed by atoms with Crippen LogP contribution < -0.4 is 0 Å². The van der Waals surface area contributed by atoms with E-state index < -0.39 is 0 Å². The van der Waals surface area contributed by atoms with Gasteiger partial charge in [0, 0.05) is 39.1 Å². The van der Waals surface area contributed by atoms with Crippen LogP contribution in [0.4, 0.5) is 0 Å². The van der Waals surface area contributed by atoms with E-state index in [2.05, 4.69) is 14.8 Å². The lowest BCUT2D eigenvalue weighted by atomic mass is 10.2. The molecule has 3 heterocycles. The zero-order chi connectivity index (χ0) is 16.1. The highest BCUT2D eigenvalue weighted by atomic mass is 16.5. The van der Waals surface area contributed by atoms with Crippen LogP contribution >= 0.6 is 0 Å². The van der Waals surface area contributed by atoms with E-state index in [1.54, 1.807) is 0 Å². The highest BCUT2D eigenvalue weighted by Gasteiger charge is 2.33. The van der Waals surface area contributed by atoms with Gasteiger partial charge in [-0.25, -0.2) is 0 Å². The fourth-order valence-corrected chi connectivity index (χ4v) is 3.70. The van der Waals surface area contributed by atoms with E-state index in [9.17, 15) is 4.79 Å². The molecule has 6 heteroatoms. The lowest BCUT2D eigenvalue weighted by Gasteiger charge is -2.24. The Morgan fingerprint density at radius 1 is 1.22 bits per heavy atom. The second-order valence-electron chi connectivity index (χ2n) is 6.48. The number of aryl methyl sites for hydroxylation is 1. The Labute approximate surface area is 138 Å². The number of hydrogen-bond donors (Lipinski definition) is 0. The van der Waals surface area contributed by atoms with E-state index in [1.165, 1.54) is 19.3 Å². The van der Waals surface area contributed by atoms with Gasteiger partial charge in [0.25, 0.3) is 0 Å². The van der Waals surface area contributed by atoms with Crippen molar-refractivity contribution in [2.24, 2.45) is 0 Å². The number of aromatic nitrogens is 3. The minimum absolute atomic E-state index is 0.119. The molecule has 1 atom stereocenters. The van der Waals surface area contributed by atoms with E-state index in [4.69, 9.17) is 4.74 Å². The zero-order valence-electron chi connectivity index (χ0n) is 14.2. The van der Waals surface area contributed by atoms with Crippen molar-refractivity contribution in [1.82, 2.24) is 19.7 Å². The van der Waals surface area contributed by atoms with E-state index in [-0.39, 0.29) is 11.9 Å². The third kappa shape index (κ3) is 3.74. The first-order chi connectivity index (χ1) is 11.3. The summed E-state index contributed by atoms with van der Waals surface area (Å²) in [5.41, 5.74) is 0. The van der Waals surface area contributed by atoms with Crippen molar-refractivity contribution < 1.29 is 9.53 Å². The Morgan fingerprint density at radius 2 is 2.13 bits per heavy atom. The molecule has 0 spiro atoms. The van der Waals surface area contributed by atoms with Crippen molar-refractivity contribution in [2.75, 3.05) is 19.8 Å². The van der Waals surface area contributed by atoms with Crippen LogP contribution in [0.3, 0.4) is 0 Å². The van der Waals surface area contributed by atoms with Crippen LogP contribution in [0.2, 0.25) is 0 Å². The van der Waals surface area contributed by atoms with Crippen LogP contribution in [0.25, 0.3) is 0 Å². The summed E-state index contributed by atoms with van der Waals surface area (Å²) in [6.45, 7) is 5.21. The molecule has 6 nitrogen and oxygen atoms in total. The molecule has 0 aliphatic carbocycles. The summed E-state index contributed by atoms with van der Waals surface area (Å²) in [5.74, 6) is 2.35. The first kappa shape index (κ1) is 16.4. The highest BCUT2D eigenvalue weighted by molar-refractivity contribution is 5.76. The average molecular weight is 320 g/mol. The second-order valence-corrected chi connectivity index (χ2v) is 6.48. The van der Waals surface area contributed by atoms with Crippen LogP contribution in [0.5, 0.6) is 0 Å². The van der Waals surface area contributed by atoms with Crippen molar-refractivity contribution in [3.63, 3.8) is 0 Å². The lowest BCUT2D eigenvalue weighted by Crippen LogP contribution is -2.32. The molecule has 0 bridgehead atoms. The van der Waals surface area contributed by atoms with Crippen molar-refractivity contribution in [1.29, 1.82) is 0 Å². The van der Waals surface area contributed by atoms with E-state index in [1.807, 2.05) is 11.8 Å². The predicted octanol–water partition coefficient (Wildman–Crippen LogP) is 2.48. The van der Waals surface area contributed by atoms with Gasteiger partial charge in [0.05, 0.1) is 6.04 Å². The number of nitrogens with zero attached hydrogens (tertiary/aromatic N) is 4. The summed E-state index contributed by atoms with van der Waals surface area (Å²) in [6.07, 6.45) is 8.09. The average Bonchev–Trinajstić information content (AvgIpc) is 3.12. The fourth-order valence-electron chi connectivity index (χ4n) is 3.70. The molecule has 23 heavy (non-hydrogen) atoms. The molecule has 1 saturated heterocycles. The molecule has 1 fully saturated rings. The molecule has 0 radical (unpaired) electrons. The van der Waals surface area contributed by atoms with Crippen LogP contribution in [-0.2, 0) is 22.5 Å². The Hall–Kier alpha value is -1.43. The molecule has 1 aromatic heterocycles. The second kappa shape index (κ2) is 7.90. The monoisotopic (exact) mass is 320 g/mol. The summed E-state index contributed by atoms with van der Waals surface area (Å²) < 4.78 is 7.62. The first-order valence-electron chi connectivity index (χ1n) is 9.10. The number of hydrogen-bond acceptors (Lipinski definition) is 4. The summed E-state index contributed by atoms with van der Waals surface area (Å²) in [6, 6.07) is 0.119.